The predicted octanol–water partition coefficient (Wildman–Crippen LogP) is 4.20. The first-order chi connectivity index (χ1) is 15.4. The third kappa shape index (κ3) is 6.50. The van der Waals surface area contributed by atoms with Crippen LogP contribution >= 0.6 is 27.5 Å². The van der Waals surface area contributed by atoms with Crippen molar-refractivity contribution >= 4 is 51.5 Å². The Kier molecular flexibility index (Phi) is 8.13. The zero-order chi connectivity index (χ0) is 22.9. The van der Waals surface area contributed by atoms with Crippen molar-refractivity contribution in [2.24, 2.45) is 5.10 Å². The Labute approximate surface area is 197 Å². The summed E-state index contributed by atoms with van der Waals surface area (Å²) < 4.78 is 5.93. The summed E-state index contributed by atoms with van der Waals surface area (Å²) in [6.45, 7) is -0.228. The first-order valence-electron chi connectivity index (χ1n) is 9.35. The molecule has 0 saturated carbocycles. The van der Waals surface area contributed by atoms with Gasteiger partial charge < -0.3 is 10.1 Å². The van der Waals surface area contributed by atoms with Crippen LogP contribution in [-0.2, 0) is 4.79 Å². The van der Waals surface area contributed by atoms with Crippen molar-refractivity contribution in [2.75, 3.05) is 6.54 Å². The standard InChI is InChI=1S/C23H17BrClN3O4/c24-19-7-3-1-5-17(19)22(30)26-14-21(29)28-27-13-15-9-11-16(12-10-15)32-23(31)18-6-2-4-8-20(18)25/h1-13H,14H2,(H,26,30)(H,28,29). The van der Waals surface area contributed by atoms with Crippen molar-refractivity contribution in [3.8, 4) is 5.75 Å². The monoisotopic (exact) mass is 513 g/mol. The Morgan fingerprint density at radius 1 is 0.938 bits per heavy atom. The lowest BCUT2D eigenvalue weighted by atomic mass is 10.2. The molecular weight excluding hydrogens is 498 g/mol. The molecule has 3 rings (SSSR count). The molecule has 0 radical (unpaired) electrons. The Balaban J connectivity index is 1.47. The molecule has 2 N–H and O–H groups in total. The van der Waals surface area contributed by atoms with E-state index in [1.807, 2.05) is 0 Å². The summed E-state index contributed by atoms with van der Waals surface area (Å²) in [6, 6.07) is 20.0. The number of rotatable bonds is 7. The quantitative estimate of drug-likeness (QED) is 0.214. The van der Waals surface area contributed by atoms with E-state index in [-0.39, 0.29) is 18.0 Å². The number of carbonyl (C=O) groups excluding carboxylic acids is 3. The molecule has 0 unspecified atom stereocenters. The summed E-state index contributed by atoms with van der Waals surface area (Å²) in [5, 5.41) is 6.68. The van der Waals surface area contributed by atoms with Gasteiger partial charge in [-0.15, -0.1) is 0 Å². The van der Waals surface area contributed by atoms with Crippen LogP contribution in [0, 0.1) is 0 Å². The summed E-state index contributed by atoms with van der Waals surface area (Å²) in [5.74, 6) is -1.08. The molecule has 0 bridgehead atoms. The lowest BCUT2D eigenvalue weighted by Crippen LogP contribution is -2.35. The maximum Gasteiger partial charge on any atom is 0.345 e. The number of ether oxygens (including phenoxy) is 1. The first-order valence-corrected chi connectivity index (χ1v) is 10.5. The van der Waals surface area contributed by atoms with Crippen molar-refractivity contribution in [2.45, 2.75) is 0 Å². The number of carbonyl (C=O) groups is 3. The molecule has 9 heteroatoms. The van der Waals surface area contributed by atoms with Crippen molar-refractivity contribution in [1.29, 1.82) is 0 Å². The van der Waals surface area contributed by atoms with Gasteiger partial charge in [0.2, 0.25) is 0 Å². The molecule has 7 nitrogen and oxygen atoms in total. The highest BCUT2D eigenvalue weighted by molar-refractivity contribution is 9.10. The largest absolute Gasteiger partial charge is 0.423 e. The fourth-order valence-electron chi connectivity index (χ4n) is 2.53. The van der Waals surface area contributed by atoms with E-state index >= 15 is 0 Å². The first kappa shape index (κ1) is 23.2. The van der Waals surface area contributed by atoms with Crippen LogP contribution in [0.3, 0.4) is 0 Å². The van der Waals surface area contributed by atoms with Gasteiger partial charge in [0.25, 0.3) is 11.8 Å². The van der Waals surface area contributed by atoms with Gasteiger partial charge in [-0.2, -0.15) is 5.10 Å². The number of halogens is 2. The molecule has 2 amide bonds. The second kappa shape index (κ2) is 11.2. The van der Waals surface area contributed by atoms with Gasteiger partial charge in [0.1, 0.15) is 5.75 Å². The third-order valence-electron chi connectivity index (χ3n) is 4.12. The van der Waals surface area contributed by atoms with Crippen LogP contribution in [0.1, 0.15) is 26.3 Å². The summed E-state index contributed by atoms with van der Waals surface area (Å²) in [4.78, 5) is 36.1. The molecule has 0 spiro atoms. The Bertz CT molecular complexity index is 1170. The molecule has 0 atom stereocenters. The minimum atomic E-state index is -0.561. The summed E-state index contributed by atoms with van der Waals surface area (Å²) in [7, 11) is 0. The van der Waals surface area contributed by atoms with Crippen LogP contribution < -0.4 is 15.5 Å². The predicted molar refractivity (Wildman–Crippen MR) is 125 cm³/mol. The minimum Gasteiger partial charge on any atom is -0.423 e. The number of benzene rings is 3. The number of nitrogens with zero attached hydrogens (tertiary/aromatic N) is 1. The summed E-state index contributed by atoms with van der Waals surface area (Å²) in [6.07, 6.45) is 1.42. The summed E-state index contributed by atoms with van der Waals surface area (Å²) >= 11 is 9.28. The smallest absolute Gasteiger partial charge is 0.345 e. The highest BCUT2D eigenvalue weighted by Crippen LogP contribution is 2.19. The van der Waals surface area contributed by atoms with E-state index in [4.69, 9.17) is 16.3 Å². The van der Waals surface area contributed by atoms with Crippen LogP contribution in [0.15, 0.2) is 82.4 Å². The van der Waals surface area contributed by atoms with E-state index in [1.165, 1.54) is 6.21 Å². The van der Waals surface area contributed by atoms with Gasteiger partial charge in [0.15, 0.2) is 0 Å². The molecule has 162 valence electrons. The highest BCUT2D eigenvalue weighted by atomic mass is 79.9. The lowest BCUT2D eigenvalue weighted by Gasteiger charge is -2.06. The van der Waals surface area contributed by atoms with Gasteiger partial charge in [-0.3, -0.25) is 9.59 Å². The van der Waals surface area contributed by atoms with E-state index in [0.29, 0.717) is 26.4 Å². The molecule has 0 aliphatic rings. The molecule has 0 aliphatic carbocycles. The number of amides is 2. The van der Waals surface area contributed by atoms with Crippen LogP contribution in [0.4, 0.5) is 0 Å². The summed E-state index contributed by atoms with van der Waals surface area (Å²) in [5.41, 5.74) is 3.70. The van der Waals surface area contributed by atoms with Crippen LogP contribution in [-0.4, -0.2) is 30.5 Å². The highest BCUT2D eigenvalue weighted by Gasteiger charge is 2.12. The maximum atomic E-state index is 12.2. The van der Waals surface area contributed by atoms with Crippen molar-refractivity contribution in [3.63, 3.8) is 0 Å². The Morgan fingerprint density at radius 2 is 1.59 bits per heavy atom. The van der Waals surface area contributed by atoms with Gasteiger partial charge in [-0.25, -0.2) is 10.2 Å². The zero-order valence-electron chi connectivity index (χ0n) is 16.5. The van der Waals surface area contributed by atoms with E-state index in [0.717, 1.165) is 0 Å². The minimum absolute atomic E-state index is 0.228. The molecule has 0 aliphatic heterocycles. The average molecular weight is 515 g/mol. The van der Waals surface area contributed by atoms with E-state index in [9.17, 15) is 14.4 Å². The number of hydrogen-bond donors (Lipinski definition) is 2. The lowest BCUT2D eigenvalue weighted by molar-refractivity contribution is -0.120. The zero-order valence-corrected chi connectivity index (χ0v) is 18.9. The third-order valence-corrected chi connectivity index (χ3v) is 5.14. The van der Waals surface area contributed by atoms with Gasteiger partial charge in [-0.05, 0) is 70.0 Å². The van der Waals surface area contributed by atoms with Crippen molar-refractivity contribution in [3.05, 3.63) is 99.0 Å². The maximum absolute atomic E-state index is 12.2. The molecule has 0 aromatic heterocycles. The molecule has 0 fully saturated rings. The SMILES string of the molecule is O=C(CNC(=O)c1ccccc1Br)NN=Cc1ccc(OC(=O)c2ccccc2Cl)cc1. The topological polar surface area (TPSA) is 96.9 Å². The Hall–Kier alpha value is -3.49. The Morgan fingerprint density at radius 3 is 2.28 bits per heavy atom. The van der Waals surface area contributed by atoms with Crippen molar-refractivity contribution in [1.82, 2.24) is 10.7 Å². The van der Waals surface area contributed by atoms with Gasteiger partial charge in [-0.1, -0.05) is 35.9 Å². The van der Waals surface area contributed by atoms with Crippen molar-refractivity contribution < 1.29 is 19.1 Å². The average Bonchev–Trinajstić information content (AvgIpc) is 2.79. The molecule has 3 aromatic carbocycles. The molecule has 3 aromatic rings. The number of esters is 1. The van der Waals surface area contributed by atoms with E-state index in [1.54, 1.807) is 72.8 Å². The normalized spacial score (nSPS) is 10.6. The van der Waals surface area contributed by atoms with Crippen LogP contribution in [0.2, 0.25) is 5.02 Å². The van der Waals surface area contributed by atoms with Crippen LogP contribution in [0.5, 0.6) is 5.75 Å². The second-order valence-electron chi connectivity index (χ2n) is 6.39. The number of hydrogen-bond acceptors (Lipinski definition) is 5. The second-order valence-corrected chi connectivity index (χ2v) is 7.66. The fourth-order valence-corrected chi connectivity index (χ4v) is 3.21. The van der Waals surface area contributed by atoms with E-state index in [2.05, 4.69) is 31.8 Å². The fraction of sp³-hybridized carbons (Fsp3) is 0.0435. The van der Waals surface area contributed by atoms with Gasteiger partial charge in [0, 0.05) is 4.47 Å². The molecule has 0 saturated heterocycles. The number of hydrazone groups is 1. The molecule has 32 heavy (non-hydrogen) atoms. The van der Waals surface area contributed by atoms with Gasteiger partial charge >= 0.3 is 5.97 Å². The molecule has 0 heterocycles. The molecular formula is C23H17BrClN3O4. The van der Waals surface area contributed by atoms with E-state index < -0.39 is 11.9 Å². The van der Waals surface area contributed by atoms with Crippen LogP contribution in [0.25, 0.3) is 0 Å². The number of nitrogens with one attached hydrogen (secondary N) is 2. The van der Waals surface area contributed by atoms with Gasteiger partial charge in [0.05, 0.1) is 28.9 Å².